The summed E-state index contributed by atoms with van der Waals surface area (Å²) in [6.45, 7) is 2.71. The zero-order valence-corrected chi connectivity index (χ0v) is 10.1. The fourth-order valence-electron chi connectivity index (χ4n) is 1.72. The first-order valence-electron chi connectivity index (χ1n) is 5.31. The number of carboxylic acid groups (broad SMARTS) is 1. The first-order chi connectivity index (χ1) is 8.11. The molecule has 0 saturated heterocycles. The molecule has 0 unspecified atom stereocenters. The quantitative estimate of drug-likeness (QED) is 0.904. The Morgan fingerprint density at radius 3 is 2.47 bits per heavy atom. The summed E-state index contributed by atoms with van der Waals surface area (Å²) in [6, 6.07) is 7.16. The van der Waals surface area contributed by atoms with E-state index in [1.165, 1.54) is 0 Å². The second-order valence-corrected chi connectivity index (χ2v) is 4.16. The van der Waals surface area contributed by atoms with Crippen LogP contribution in [-0.2, 0) is 6.54 Å². The van der Waals surface area contributed by atoms with Gasteiger partial charge in [-0.15, -0.1) is 0 Å². The van der Waals surface area contributed by atoms with E-state index in [0.717, 1.165) is 17.7 Å². The number of hydrogen-bond donors (Lipinski definition) is 1. The number of benzene rings is 1. The molecule has 0 aliphatic rings. The van der Waals surface area contributed by atoms with E-state index in [2.05, 4.69) is 0 Å². The molecule has 1 N–H and O–H groups in total. The minimum atomic E-state index is -0.915. The number of halogens is 1. The van der Waals surface area contributed by atoms with Crippen molar-refractivity contribution in [1.82, 2.24) is 4.57 Å². The van der Waals surface area contributed by atoms with E-state index in [9.17, 15) is 4.79 Å². The molecular weight excluding hydrogens is 238 g/mol. The van der Waals surface area contributed by atoms with Crippen LogP contribution in [0.25, 0.3) is 11.1 Å². The number of aromatic nitrogens is 1. The number of aryl methyl sites for hydroxylation is 1. The van der Waals surface area contributed by atoms with Gasteiger partial charge in [0.25, 0.3) is 0 Å². The van der Waals surface area contributed by atoms with Gasteiger partial charge in [0.05, 0.1) is 5.56 Å². The second kappa shape index (κ2) is 4.63. The molecule has 0 spiro atoms. The lowest BCUT2D eigenvalue weighted by molar-refractivity contribution is 0.0697. The van der Waals surface area contributed by atoms with Gasteiger partial charge in [-0.1, -0.05) is 23.7 Å². The lowest BCUT2D eigenvalue weighted by Crippen LogP contribution is -1.96. The van der Waals surface area contributed by atoms with Gasteiger partial charge in [0.1, 0.15) is 0 Å². The van der Waals surface area contributed by atoms with Gasteiger partial charge in [-0.05, 0) is 24.6 Å². The Bertz CT molecular complexity index is 543. The Morgan fingerprint density at radius 2 is 1.94 bits per heavy atom. The van der Waals surface area contributed by atoms with Gasteiger partial charge in [-0.3, -0.25) is 0 Å². The lowest BCUT2D eigenvalue weighted by Gasteiger charge is -2.00. The van der Waals surface area contributed by atoms with Crippen molar-refractivity contribution in [3.63, 3.8) is 0 Å². The minimum absolute atomic E-state index is 0.314. The predicted octanol–water partition coefficient (Wildman–Crippen LogP) is 3.53. The van der Waals surface area contributed by atoms with E-state index >= 15 is 0 Å². The van der Waals surface area contributed by atoms with E-state index < -0.39 is 5.97 Å². The maximum Gasteiger partial charge on any atom is 0.337 e. The molecule has 17 heavy (non-hydrogen) atoms. The Hall–Kier alpha value is -1.74. The van der Waals surface area contributed by atoms with Crippen LogP contribution in [-0.4, -0.2) is 15.6 Å². The van der Waals surface area contributed by atoms with Gasteiger partial charge < -0.3 is 9.67 Å². The van der Waals surface area contributed by atoms with Crippen molar-refractivity contribution >= 4 is 17.6 Å². The average Bonchev–Trinajstić information content (AvgIpc) is 2.74. The molecule has 0 atom stereocenters. The van der Waals surface area contributed by atoms with Crippen LogP contribution in [0.1, 0.15) is 17.3 Å². The minimum Gasteiger partial charge on any atom is -0.478 e. The van der Waals surface area contributed by atoms with Gasteiger partial charge in [0.2, 0.25) is 0 Å². The van der Waals surface area contributed by atoms with Gasteiger partial charge in [0, 0.05) is 29.5 Å². The van der Waals surface area contributed by atoms with E-state index in [4.69, 9.17) is 16.7 Å². The van der Waals surface area contributed by atoms with Gasteiger partial charge in [-0.25, -0.2) is 4.79 Å². The first kappa shape index (κ1) is 11.7. The molecule has 0 fully saturated rings. The highest BCUT2D eigenvalue weighted by Gasteiger charge is 2.14. The van der Waals surface area contributed by atoms with E-state index in [-0.39, 0.29) is 0 Å². The molecule has 3 nitrogen and oxygen atoms in total. The third kappa shape index (κ3) is 2.34. The second-order valence-electron chi connectivity index (χ2n) is 3.73. The van der Waals surface area contributed by atoms with Crippen LogP contribution in [0.15, 0.2) is 36.7 Å². The van der Waals surface area contributed by atoms with Crippen LogP contribution in [0.2, 0.25) is 5.02 Å². The van der Waals surface area contributed by atoms with Crippen molar-refractivity contribution in [3.8, 4) is 11.1 Å². The van der Waals surface area contributed by atoms with Crippen molar-refractivity contribution in [1.29, 1.82) is 0 Å². The molecule has 2 aromatic rings. The summed E-state index contributed by atoms with van der Waals surface area (Å²) < 4.78 is 1.85. The topological polar surface area (TPSA) is 42.2 Å². The van der Waals surface area contributed by atoms with Crippen molar-refractivity contribution in [3.05, 3.63) is 47.2 Å². The highest BCUT2D eigenvalue weighted by Crippen LogP contribution is 2.26. The summed E-state index contributed by atoms with van der Waals surface area (Å²) in [5.41, 5.74) is 1.89. The molecule has 4 heteroatoms. The Morgan fingerprint density at radius 1 is 1.29 bits per heavy atom. The third-order valence-corrected chi connectivity index (χ3v) is 2.88. The predicted molar refractivity (Wildman–Crippen MR) is 67.5 cm³/mol. The van der Waals surface area contributed by atoms with E-state index in [1.807, 2.05) is 29.8 Å². The SMILES string of the molecule is CCn1cc(C(=O)O)c(-c2ccc(Cl)cc2)c1. The molecule has 0 amide bonds. The summed E-state index contributed by atoms with van der Waals surface area (Å²) in [7, 11) is 0. The lowest BCUT2D eigenvalue weighted by atomic mass is 10.1. The zero-order valence-electron chi connectivity index (χ0n) is 9.35. The van der Waals surface area contributed by atoms with Crippen molar-refractivity contribution in [2.24, 2.45) is 0 Å². The molecule has 0 aliphatic carbocycles. The van der Waals surface area contributed by atoms with Crippen LogP contribution in [0, 0.1) is 0 Å². The smallest absolute Gasteiger partial charge is 0.337 e. The number of rotatable bonds is 3. The van der Waals surface area contributed by atoms with Gasteiger partial charge >= 0.3 is 5.97 Å². The maximum absolute atomic E-state index is 11.2. The molecule has 1 heterocycles. The fourth-order valence-corrected chi connectivity index (χ4v) is 1.85. The Kier molecular flexibility index (Phi) is 3.20. The number of aromatic carboxylic acids is 1. The molecule has 0 radical (unpaired) electrons. The molecule has 0 saturated carbocycles. The van der Waals surface area contributed by atoms with Crippen LogP contribution in [0.4, 0.5) is 0 Å². The van der Waals surface area contributed by atoms with E-state index in [0.29, 0.717) is 10.6 Å². The monoisotopic (exact) mass is 249 g/mol. The van der Waals surface area contributed by atoms with Crippen molar-refractivity contribution in [2.45, 2.75) is 13.5 Å². The summed E-state index contributed by atoms with van der Waals surface area (Å²) in [5, 5.41) is 9.79. The van der Waals surface area contributed by atoms with Gasteiger partial charge in [-0.2, -0.15) is 0 Å². The number of carbonyl (C=O) groups is 1. The normalized spacial score (nSPS) is 10.5. The summed E-state index contributed by atoms with van der Waals surface area (Å²) >= 11 is 5.81. The highest BCUT2D eigenvalue weighted by molar-refractivity contribution is 6.30. The zero-order chi connectivity index (χ0) is 12.4. The first-order valence-corrected chi connectivity index (χ1v) is 5.68. The van der Waals surface area contributed by atoms with Gasteiger partial charge in [0.15, 0.2) is 0 Å². The van der Waals surface area contributed by atoms with Crippen molar-refractivity contribution < 1.29 is 9.90 Å². The third-order valence-electron chi connectivity index (χ3n) is 2.63. The molecule has 1 aromatic heterocycles. The fraction of sp³-hybridized carbons (Fsp3) is 0.154. The largest absolute Gasteiger partial charge is 0.478 e. The summed E-state index contributed by atoms with van der Waals surface area (Å²) in [4.78, 5) is 11.2. The molecule has 88 valence electrons. The molecular formula is C13H12ClNO2. The Balaban J connectivity index is 2.53. The number of carboxylic acids is 1. The van der Waals surface area contributed by atoms with Crippen LogP contribution >= 0.6 is 11.6 Å². The van der Waals surface area contributed by atoms with Crippen LogP contribution < -0.4 is 0 Å². The number of nitrogens with zero attached hydrogens (tertiary/aromatic N) is 1. The van der Waals surface area contributed by atoms with Crippen molar-refractivity contribution in [2.75, 3.05) is 0 Å². The molecule has 2 rings (SSSR count). The Labute approximate surface area is 104 Å². The van der Waals surface area contributed by atoms with E-state index in [1.54, 1.807) is 18.3 Å². The molecule has 0 aliphatic heterocycles. The average molecular weight is 250 g/mol. The van der Waals surface area contributed by atoms with Crippen LogP contribution in [0.3, 0.4) is 0 Å². The molecule has 1 aromatic carbocycles. The maximum atomic E-state index is 11.2. The molecule has 0 bridgehead atoms. The van der Waals surface area contributed by atoms with Crippen LogP contribution in [0.5, 0.6) is 0 Å². The summed E-state index contributed by atoms with van der Waals surface area (Å²) in [5.74, 6) is -0.915. The summed E-state index contributed by atoms with van der Waals surface area (Å²) in [6.07, 6.45) is 3.49. The number of hydrogen-bond acceptors (Lipinski definition) is 1. The standard InChI is InChI=1S/C13H12ClNO2/c1-2-15-7-11(12(8-15)13(16)17)9-3-5-10(14)6-4-9/h3-8H,2H2,1H3,(H,16,17). The highest BCUT2D eigenvalue weighted by atomic mass is 35.5.